The Kier molecular flexibility index (Phi) is 3.53. The number of anilines is 1. The maximum Gasteiger partial charge on any atom is 0.322 e. The van der Waals surface area contributed by atoms with Crippen molar-refractivity contribution in [2.45, 2.75) is 43.8 Å². The van der Waals surface area contributed by atoms with Crippen molar-refractivity contribution in [2.75, 3.05) is 18.9 Å². The molecule has 3 atom stereocenters. The molecule has 0 saturated carbocycles. The number of hydrogen-bond acceptors (Lipinski definition) is 3. The third-order valence-electron chi connectivity index (χ3n) is 6.90. The molecule has 1 saturated heterocycles. The first kappa shape index (κ1) is 16.6. The number of fused-ring (bicyclic) bond motifs is 5. The van der Waals surface area contributed by atoms with E-state index in [1.54, 1.807) is 6.07 Å². The van der Waals surface area contributed by atoms with Crippen LogP contribution in [0.15, 0.2) is 42.5 Å². The predicted octanol–water partition coefficient (Wildman–Crippen LogP) is 3.33. The molecular weight excluding hydrogens is 338 g/mol. The minimum atomic E-state index is -0.173. The number of aromatic hydroxyl groups is 1. The number of phenolic OH excluding ortho intramolecular Hbond substituents is 1. The number of likely N-dealkylation sites (tertiary alicyclic amines) is 1. The lowest BCUT2D eigenvalue weighted by Crippen LogP contribution is -2.68. The van der Waals surface area contributed by atoms with Gasteiger partial charge >= 0.3 is 6.03 Å². The van der Waals surface area contributed by atoms with Crippen LogP contribution in [0.3, 0.4) is 0 Å². The van der Waals surface area contributed by atoms with Gasteiger partial charge < -0.3 is 20.2 Å². The summed E-state index contributed by atoms with van der Waals surface area (Å²) in [4.78, 5) is 17.5. The fourth-order valence-corrected chi connectivity index (χ4v) is 5.45. The van der Waals surface area contributed by atoms with E-state index < -0.39 is 0 Å². The Morgan fingerprint density at radius 3 is 2.85 bits per heavy atom. The summed E-state index contributed by atoms with van der Waals surface area (Å²) < 4.78 is 0. The van der Waals surface area contributed by atoms with Crippen LogP contribution in [-0.2, 0) is 18.4 Å². The fourth-order valence-electron chi connectivity index (χ4n) is 5.45. The van der Waals surface area contributed by atoms with Gasteiger partial charge in [0.1, 0.15) is 5.75 Å². The second-order valence-corrected chi connectivity index (χ2v) is 8.42. The molecule has 1 aliphatic carbocycles. The number of nitrogens with zero attached hydrogens (tertiary/aromatic N) is 2. The molecule has 2 N–H and O–H groups in total. The number of urea groups is 1. The van der Waals surface area contributed by atoms with Crippen LogP contribution < -0.4 is 5.32 Å². The van der Waals surface area contributed by atoms with E-state index in [1.807, 2.05) is 29.2 Å². The molecule has 2 aliphatic heterocycles. The molecular formula is C22H25N3O2. The molecule has 0 radical (unpaired) electrons. The molecule has 0 aromatic heterocycles. The van der Waals surface area contributed by atoms with E-state index in [4.69, 9.17) is 0 Å². The smallest absolute Gasteiger partial charge is 0.322 e. The number of para-hydroxylation sites is 1. The number of carbonyl (C=O) groups is 1. The number of likely N-dealkylation sites (N-methyl/N-ethyl adjacent to an activating group) is 1. The topological polar surface area (TPSA) is 55.8 Å². The zero-order valence-electron chi connectivity index (χ0n) is 15.8. The van der Waals surface area contributed by atoms with Gasteiger partial charge in [-0.05, 0) is 61.3 Å². The lowest BCUT2D eigenvalue weighted by Gasteiger charge is -2.58. The standard InChI is InChI=1S/C22H25N3O2/c1-22-9-10-24(2)19(11-14-7-8-16(26)12-17(14)22)20(22)25-13-15-5-3-4-6-18(15)23-21(25)27/h3-8,12,19-20,26H,9-11,13H2,1-2H3,(H,23,27)/t19-,20+,22-/m1/s1. The first-order valence-electron chi connectivity index (χ1n) is 9.65. The van der Waals surface area contributed by atoms with Crippen molar-refractivity contribution >= 4 is 11.7 Å². The summed E-state index contributed by atoms with van der Waals surface area (Å²) in [5, 5.41) is 13.2. The average molecular weight is 363 g/mol. The van der Waals surface area contributed by atoms with Crippen LogP contribution >= 0.6 is 0 Å². The van der Waals surface area contributed by atoms with Crippen LogP contribution in [0, 0.1) is 0 Å². The zero-order chi connectivity index (χ0) is 18.8. The quantitative estimate of drug-likeness (QED) is 0.817. The number of amides is 2. The van der Waals surface area contributed by atoms with Crippen LogP contribution in [0.5, 0.6) is 5.75 Å². The fraction of sp³-hybridized carbons (Fsp3) is 0.409. The molecule has 2 heterocycles. The third kappa shape index (κ3) is 2.38. The number of hydrogen-bond donors (Lipinski definition) is 2. The second kappa shape index (κ2) is 5.73. The van der Waals surface area contributed by atoms with E-state index in [0.29, 0.717) is 12.3 Å². The summed E-state index contributed by atoms with van der Waals surface area (Å²) in [5.74, 6) is 0.305. The van der Waals surface area contributed by atoms with E-state index in [2.05, 4.69) is 36.3 Å². The molecule has 5 nitrogen and oxygen atoms in total. The third-order valence-corrected chi connectivity index (χ3v) is 6.90. The highest BCUT2D eigenvalue weighted by Crippen LogP contribution is 2.48. The molecule has 0 unspecified atom stereocenters. The van der Waals surface area contributed by atoms with Crippen molar-refractivity contribution in [2.24, 2.45) is 0 Å². The Labute approximate surface area is 159 Å². The Hall–Kier alpha value is -2.53. The maximum atomic E-state index is 13.1. The first-order chi connectivity index (χ1) is 13.0. The van der Waals surface area contributed by atoms with E-state index >= 15 is 0 Å². The SMILES string of the molecule is CN1CC[C@]2(C)c3cc(O)ccc3C[C@@H]1[C@@H]2N1Cc2ccccc2NC1=O. The molecule has 2 aromatic rings. The Morgan fingerprint density at radius 2 is 2.00 bits per heavy atom. The Bertz CT molecular complexity index is 928. The second-order valence-electron chi connectivity index (χ2n) is 8.42. The summed E-state index contributed by atoms with van der Waals surface area (Å²) in [6.45, 7) is 3.89. The van der Waals surface area contributed by atoms with Crippen molar-refractivity contribution in [1.82, 2.24) is 9.80 Å². The first-order valence-corrected chi connectivity index (χ1v) is 9.65. The monoisotopic (exact) mass is 363 g/mol. The highest BCUT2D eigenvalue weighted by Gasteiger charge is 2.54. The van der Waals surface area contributed by atoms with Gasteiger partial charge in [-0.15, -0.1) is 0 Å². The van der Waals surface area contributed by atoms with Crippen molar-refractivity contribution in [3.05, 3.63) is 59.2 Å². The van der Waals surface area contributed by atoms with Crippen molar-refractivity contribution in [1.29, 1.82) is 0 Å². The number of benzene rings is 2. The lowest BCUT2D eigenvalue weighted by molar-refractivity contribution is 0.00765. The zero-order valence-corrected chi connectivity index (χ0v) is 15.8. The molecule has 2 bridgehead atoms. The molecule has 5 heteroatoms. The van der Waals surface area contributed by atoms with Crippen molar-refractivity contribution in [3.8, 4) is 5.75 Å². The maximum absolute atomic E-state index is 13.1. The van der Waals surface area contributed by atoms with Crippen LogP contribution in [0.4, 0.5) is 10.5 Å². The van der Waals surface area contributed by atoms with Crippen molar-refractivity contribution < 1.29 is 9.90 Å². The molecule has 27 heavy (non-hydrogen) atoms. The summed E-state index contributed by atoms with van der Waals surface area (Å²) in [5.41, 5.74) is 4.39. The van der Waals surface area contributed by atoms with Crippen molar-refractivity contribution in [3.63, 3.8) is 0 Å². The summed E-state index contributed by atoms with van der Waals surface area (Å²) in [6.07, 6.45) is 1.87. The molecule has 2 aromatic carbocycles. The minimum Gasteiger partial charge on any atom is -0.508 e. The predicted molar refractivity (Wildman–Crippen MR) is 105 cm³/mol. The van der Waals surface area contributed by atoms with Crippen LogP contribution in [0.25, 0.3) is 0 Å². The largest absolute Gasteiger partial charge is 0.508 e. The minimum absolute atomic E-state index is 0.0196. The van der Waals surface area contributed by atoms with E-state index in [0.717, 1.165) is 30.6 Å². The van der Waals surface area contributed by atoms with Gasteiger partial charge in [-0.3, -0.25) is 0 Å². The number of nitrogens with one attached hydrogen (secondary N) is 1. The van der Waals surface area contributed by atoms with Gasteiger partial charge in [0.25, 0.3) is 0 Å². The van der Waals surface area contributed by atoms with E-state index in [1.165, 1.54) is 11.1 Å². The number of phenols is 1. The van der Waals surface area contributed by atoms with Gasteiger partial charge in [0.2, 0.25) is 0 Å². The van der Waals surface area contributed by atoms with Gasteiger partial charge in [-0.2, -0.15) is 0 Å². The summed E-state index contributed by atoms with van der Waals surface area (Å²) in [6, 6.07) is 14.1. The van der Waals surface area contributed by atoms with Gasteiger partial charge in [0.05, 0.1) is 6.04 Å². The van der Waals surface area contributed by atoms with Crippen LogP contribution in [0.2, 0.25) is 0 Å². The van der Waals surface area contributed by atoms with Crippen LogP contribution in [-0.4, -0.2) is 46.6 Å². The van der Waals surface area contributed by atoms with Gasteiger partial charge in [0, 0.05) is 23.7 Å². The number of rotatable bonds is 1. The lowest BCUT2D eigenvalue weighted by atomic mass is 9.61. The van der Waals surface area contributed by atoms with E-state index in [9.17, 15) is 9.90 Å². The normalized spacial score (nSPS) is 29.7. The average Bonchev–Trinajstić information content (AvgIpc) is 2.65. The highest BCUT2D eigenvalue weighted by molar-refractivity contribution is 5.92. The molecule has 1 fully saturated rings. The van der Waals surface area contributed by atoms with E-state index in [-0.39, 0.29) is 23.5 Å². The van der Waals surface area contributed by atoms with Gasteiger partial charge in [0.15, 0.2) is 0 Å². The molecule has 0 spiro atoms. The molecule has 2 amide bonds. The highest BCUT2D eigenvalue weighted by atomic mass is 16.3. The molecule has 3 aliphatic rings. The summed E-state index contributed by atoms with van der Waals surface area (Å²) in [7, 11) is 2.17. The number of piperidine rings is 1. The van der Waals surface area contributed by atoms with Gasteiger partial charge in [-0.1, -0.05) is 31.2 Å². The molecule has 140 valence electrons. The molecule has 5 rings (SSSR count). The summed E-state index contributed by atoms with van der Waals surface area (Å²) >= 11 is 0. The van der Waals surface area contributed by atoms with Gasteiger partial charge in [-0.25, -0.2) is 4.79 Å². The number of carbonyl (C=O) groups excluding carboxylic acids is 1. The van der Waals surface area contributed by atoms with Crippen LogP contribution in [0.1, 0.15) is 30.0 Å². The Balaban J connectivity index is 1.62. The Morgan fingerprint density at radius 1 is 1.19 bits per heavy atom.